The number of anilines is 2. The molecule has 0 heterocycles. The molecule has 0 bridgehead atoms. The van der Waals surface area contributed by atoms with Gasteiger partial charge in [-0.3, -0.25) is 14.9 Å². The minimum absolute atomic E-state index is 0.135. The standard InChI is InChI=1S/C15H24N4O4/c1-4-16-8-9-18(5-2)12-6-7-14(19(22)23)13(10-12)17-11(3)15(20)21/h6-7,10-11,16-17H,4-5,8-9H2,1-3H3,(H,20,21). The number of aliphatic carboxylic acids is 1. The summed E-state index contributed by atoms with van der Waals surface area (Å²) in [6.45, 7) is 8.66. The lowest BCUT2D eigenvalue weighted by molar-refractivity contribution is -0.384. The maximum absolute atomic E-state index is 11.1. The van der Waals surface area contributed by atoms with E-state index < -0.39 is 16.9 Å². The Labute approximate surface area is 135 Å². The molecule has 1 aromatic rings. The number of carboxylic acids is 1. The average Bonchev–Trinajstić information content (AvgIpc) is 2.51. The van der Waals surface area contributed by atoms with Crippen LogP contribution in [0.4, 0.5) is 17.1 Å². The van der Waals surface area contributed by atoms with Crippen molar-refractivity contribution in [1.82, 2.24) is 5.32 Å². The second-order valence-corrected chi connectivity index (χ2v) is 5.10. The van der Waals surface area contributed by atoms with Crippen LogP contribution in [0.25, 0.3) is 0 Å². The van der Waals surface area contributed by atoms with Gasteiger partial charge in [0.2, 0.25) is 0 Å². The summed E-state index contributed by atoms with van der Waals surface area (Å²) in [6, 6.07) is 3.81. The molecular weight excluding hydrogens is 300 g/mol. The highest BCUT2D eigenvalue weighted by Crippen LogP contribution is 2.30. The summed E-state index contributed by atoms with van der Waals surface area (Å²) in [7, 11) is 0. The SMILES string of the molecule is CCNCCN(CC)c1ccc([N+](=O)[O-])c(NC(C)C(=O)O)c1. The molecule has 23 heavy (non-hydrogen) atoms. The quantitative estimate of drug-likeness (QED) is 0.343. The second-order valence-electron chi connectivity index (χ2n) is 5.10. The van der Waals surface area contributed by atoms with Crippen LogP contribution in [0.15, 0.2) is 18.2 Å². The van der Waals surface area contributed by atoms with Crippen molar-refractivity contribution in [3.05, 3.63) is 28.3 Å². The van der Waals surface area contributed by atoms with Gasteiger partial charge < -0.3 is 20.6 Å². The fraction of sp³-hybridized carbons (Fsp3) is 0.533. The molecule has 8 nitrogen and oxygen atoms in total. The molecule has 128 valence electrons. The summed E-state index contributed by atoms with van der Waals surface area (Å²) in [5, 5.41) is 26.0. The summed E-state index contributed by atoms with van der Waals surface area (Å²) in [6.07, 6.45) is 0. The Bertz CT molecular complexity index is 550. The zero-order valence-electron chi connectivity index (χ0n) is 13.7. The first-order valence-corrected chi connectivity index (χ1v) is 7.64. The summed E-state index contributed by atoms with van der Waals surface area (Å²) >= 11 is 0. The predicted octanol–water partition coefficient (Wildman–Crippen LogP) is 1.92. The molecule has 0 saturated carbocycles. The third-order valence-electron chi connectivity index (χ3n) is 3.47. The Morgan fingerprint density at radius 2 is 2.13 bits per heavy atom. The molecular formula is C15H24N4O4. The zero-order chi connectivity index (χ0) is 17.4. The van der Waals surface area contributed by atoms with Crippen LogP contribution >= 0.6 is 0 Å². The van der Waals surface area contributed by atoms with E-state index in [4.69, 9.17) is 5.11 Å². The van der Waals surface area contributed by atoms with Crippen LogP contribution < -0.4 is 15.5 Å². The first-order valence-electron chi connectivity index (χ1n) is 7.64. The second kappa shape index (κ2) is 8.94. The summed E-state index contributed by atoms with van der Waals surface area (Å²) in [4.78, 5) is 23.7. The number of nitrogens with one attached hydrogen (secondary N) is 2. The van der Waals surface area contributed by atoms with Gasteiger partial charge in [-0.25, -0.2) is 0 Å². The lowest BCUT2D eigenvalue weighted by atomic mass is 10.2. The van der Waals surface area contributed by atoms with E-state index in [-0.39, 0.29) is 11.4 Å². The molecule has 0 aromatic heterocycles. The van der Waals surface area contributed by atoms with E-state index >= 15 is 0 Å². The first kappa shape index (κ1) is 18.7. The van der Waals surface area contributed by atoms with Gasteiger partial charge >= 0.3 is 5.97 Å². The van der Waals surface area contributed by atoms with Gasteiger partial charge in [0.05, 0.1) is 4.92 Å². The fourth-order valence-corrected chi connectivity index (χ4v) is 2.15. The largest absolute Gasteiger partial charge is 0.480 e. The van der Waals surface area contributed by atoms with Crippen molar-refractivity contribution >= 4 is 23.0 Å². The average molecular weight is 324 g/mol. The first-order chi connectivity index (χ1) is 10.9. The van der Waals surface area contributed by atoms with E-state index in [1.165, 1.54) is 13.0 Å². The Morgan fingerprint density at radius 3 is 2.65 bits per heavy atom. The van der Waals surface area contributed by atoms with Crippen LogP contribution in [0.3, 0.4) is 0 Å². The van der Waals surface area contributed by atoms with Crippen LogP contribution in [0.5, 0.6) is 0 Å². The number of likely N-dealkylation sites (N-methyl/N-ethyl adjacent to an activating group) is 2. The van der Waals surface area contributed by atoms with Gasteiger partial charge in [-0.1, -0.05) is 6.92 Å². The Kier molecular flexibility index (Phi) is 7.27. The Hall–Kier alpha value is -2.35. The zero-order valence-corrected chi connectivity index (χ0v) is 13.7. The van der Waals surface area contributed by atoms with Gasteiger partial charge in [0.25, 0.3) is 5.69 Å². The third-order valence-corrected chi connectivity index (χ3v) is 3.47. The Balaban J connectivity index is 3.05. The number of rotatable bonds is 10. The van der Waals surface area contributed by atoms with Crippen molar-refractivity contribution < 1.29 is 14.8 Å². The summed E-state index contributed by atoms with van der Waals surface area (Å²) < 4.78 is 0. The molecule has 0 aliphatic heterocycles. The topological polar surface area (TPSA) is 108 Å². The van der Waals surface area contributed by atoms with Gasteiger partial charge in [-0.15, -0.1) is 0 Å². The molecule has 1 unspecified atom stereocenters. The lowest BCUT2D eigenvalue weighted by Gasteiger charge is -2.24. The van der Waals surface area contributed by atoms with E-state index in [0.717, 1.165) is 31.9 Å². The molecule has 0 aliphatic rings. The van der Waals surface area contributed by atoms with Crippen LogP contribution in [0.1, 0.15) is 20.8 Å². The van der Waals surface area contributed by atoms with E-state index in [9.17, 15) is 14.9 Å². The summed E-state index contributed by atoms with van der Waals surface area (Å²) in [5.41, 5.74) is 0.893. The highest BCUT2D eigenvalue weighted by Gasteiger charge is 2.20. The van der Waals surface area contributed by atoms with Crippen LogP contribution in [-0.4, -0.2) is 48.2 Å². The molecule has 0 saturated heterocycles. The van der Waals surface area contributed by atoms with Gasteiger partial charge in [0, 0.05) is 31.4 Å². The van der Waals surface area contributed by atoms with E-state index in [2.05, 4.69) is 15.5 Å². The smallest absolute Gasteiger partial charge is 0.325 e. The molecule has 0 aliphatic carbocycles. The Morgan fingerprint density at radius 1 is 1.43 bits per heavy atom. The molecule has 1 aromatic carbocycles. The highest BCUT2D eigenvalue weighted by atomic mass is 16.6. The van der Waals surface area contributed by atoms with Crippen molar-refractivity contribution in [3.63, 3.8) is 0 Å². The minimum Gasteiger partial charge on any atom is -0.480 e. The number of nitro groups is 1. The van der Waals surface area contributed by atoms with E-state index in [1.54, 1.807) is 12.1 Å². The predicted molar refractivity (Wildman–Crippen MR) is 90.2 cm³/mol. The van der Waals surface area contributed by atoms with Crippen molar-refractivity contribution in [2.24, 2.45) is 0 Å². The normalized spacial score (nSPS) is 11.8. The maximum atomic E-state index is 11.1. The molecule has 0 radical (unpaired) electrons. The highest BCUT2D eigenvalue weighted by molar-refractivity contribution is 5.79. The number of carbonyl (C=O) groups is 1. The van der Waals surface area contributed by atoms with Crippen molar-refractivity contribution in [3.8, 4) is 0 Å². The monoisotopic (exact) mass is 324 g/mol. The molecule has 1 atom stereocenters. The third kappa shape index (κ3) is 5.41. The molecule has 8 heteroatoms. The maximum Gasteiger partial charge on any atom is 0.325 e. The molecule has 1 rings (SSSR count). The van der Waals surface area contributed by atoms with Gasteiger partial charge in [0.1, 0.15) is 11.7 Å². The van der Waals surface area contributed by atoms with E-state index in [0.29, 0.717) is 0 Å². The van der Waals surface area contributed by atoms with Crippen molar-refractivity contribution in [2.75, 3.05) is 36.4 Å². The number of benzene rings is 1. The van der Waals surface area contributed by atoms with Gasteiger partial charge in [-0.2, -0.15) is 0 Å². The number of nitrogens with zero attached hydrogens (tertiary/aromatic N) is 2. The number of carboxylic acid groups (broad SMARTS) is 1. The van der Waals surface area contributed by atoms with Gasteiger partial charge in [0.15, 0.2) is 0 Å². The van der Waals surface area contributed by atoms with E-state index in [1.807, 2.05) is 13.8 Å². The molecule has 3 N–H and O–H groups in total. The number of nitro benzene ring substituents is 1. The van der Waals surface area contributed by atoms with Gasteiger partial charge in [-0.05, 0) is 32.5 Å². The van der Waals surface area contributed by atoms with Crippen molar-refractivity contribution in [2.45, 2.75) is 26.8 Å². The number of hydrogen-bond acceptors (Lipinski definition) is 6. The van der Waals surface area contributed by atoms with Crippen LogP contribution in [0.2, 0.25) is 0 Å². The molecule has 0 spiro atoms. The van der Waals surface area contributed by atoms with Crippen molar-refractivity contribution in [1.29, 1.82) is 0 Å². The van der Waals surface area contributed by atoms with Crippen LogP contribution in [0, 0.1) is 10.1 Å². The lowest BCUT2D eigenvalue weighted by Crippen LogP contribution is -2.32. The summed E-state index contributed by atoms with van der Waals surface area (Å²) in [5.74, 6) is -1.07. The number of hydrogen-bond donors (Lipinski definition) is 3. The van der Waals surface area contributed by atoms with Crippen LogP contribution in [-0.2, 0) is 4.79 Å². The molecule has 0 fully saturated rings. The molecule has 0 amide bonds. The minimum atomic E-state index is -1.07. The fourth-order valence-electron chi connectivity index (χ4n) is 2.15.